The number of halogens is 5. The van der Waals surface area contributed by atoms with Crippen molar-refractivity contribution in [2.24, 2.45) is 0 Å². The normalized spacial score (nSPS) is 13.9. The number of hydrogen-bond donors (Lipinski definition) is 3. The van der Waals surface area contributed by atoms with E-state index in [1.165, 1.54) is 30.7 Å². The molecular formula is C19H18Cl2F3N3O5S2. The van der Waals surface area contributed by atoms with Crippen LogP contribution in [0.2, 0.25) is 10.0 Å². The largest absolute Gasteiger partial charge is 0.404 e. The van der Waals surface area contributed by atoms with Crippen molar-refractivity contribution in [3.63, 3.8) is 0 Å². The Morgan fingerprint density at radius 3 is 2.41 bits per heavy atom. The van der Waals surface area contributed by atoms with Crippen molar-refractivity contribution >= 4 is 44.6 Å². The first-order valence-corrected chi connectivity index (χ1v) is 12.5. The zero-order valence-corrected chi connectivity index (χ0v) is 20.9. The summed E-state index contributed by atoms with van der Waals surface area (Å²) in [5.41, 5.74) is -0.644. The van der Waals surface area contributed by atoms with Gasteiger partial charge in [-0.15, -0.1) is 11.3 Å². The van der Waals surface area contributed by atoms with Gasteiger partial charge in [0.2, 0.25) is 10.0 Å². The van der Waals surface area contributed by atoms with E-state index in [1.807, 2.05) is 0 Å². The maximum absolute atomic E-state index is 12.8. The van der Waals surface area contributed by atoms with Gasteiger partial charge in [0.25, 0.3) is 0 Å². The lowest BCUT2D eigenvalue weighted by molar-refractivity contribution is -0.147. The first kappa shape index (κ1) is 26.9. The third-order valence-electron chi connectivity index (χ3n) is 4.58. The third-order valence-corrected chi connectivity index (χ3v) is 8.31. The molecule has 2 aromatic heterocycles. The Hall–Kier alpha value is -1.74. The predicted molar refractivity (Wildman–Crippen MR) is 120 cm³/mol. The van der Waals surface area contributed by atoms with Gasteiger partial charge < -0.3 is 14.7 Å². The Labute approximate surface area is 206 Å². The quantitative estimate of drug-likeness (QED) is 0.382. The molecule has 0 aliphatic heterocycles. The lowest BCUT2D eigenvalue weighted by atomic mass is 10.1. The van der Waals surface area contributed by atoms with Gasteiger partial charge in [-0.2, -0.15) is 17.9 Å². The van der Waals surface area contributed by atoms with Crippen LogP contribution in [0.4, 0.5) is 13.2 Å². The number of aromatic nitrogens is 2. The minimum absolute atomic E-state index is 0.171. The average molecular weight is 560 g/mol. The molecule has 15 heteroatoms. The van der Waals surface area contributed by atoms with Crippen LogP contribution < -0.4 is 4.72 Å². The Morgan fingerprint density at radius 2 is 1.88 bits per heavy atom. The Balaban J connectivity index is 2.03. The summed E-state index contributed by atoms with van der Waals surface area (Å²) in [6.45, 7) is 3.15. The van der Waals surface area contributed by atoms with Crippen molar-refractivity contribution in [2.45, 2.75) is 50.1 Å². The summed E-state index contributed by atoms with van der Waals surface area (Å²) >= 11 is 13.5. The molecule has 3 N–H and O–H groups in total. The molecule has 0 saturated carbocycles. The average Bonchev–Trinajstić information content (AvgIpc) is 3.35. The summed E-state index contributed by atoms with van der Waals surface area (Å²) < 4.78 is 70.0. The van der Waals surface area contributed by atoms with E-state index in [1.54, 1.807) is 0 Å². The number of nitrogens with zero attached hydrogens (tertiary/aromatic N) is 2. The molecule has 0 bridgehead atoms. The number of alkyl halides is 3. The molecule has 0 spiro atoms. The molecular weight excluding hydrogens is 542 g/mol. The molecule has 0 saturated heterocycles. The maximum Gasteiger partial charge on any atom is 0.404 e. The topological polar surface area (TPSA) is 126 Å². The molecule has 0 fully saturated rings. The first-order valence-electron chi connectivity index (χ1n) is 9.44. The highest BCUT2D eigenvalue weighted by Gasteiger charge is 2.39. The second-order valence-electron chi connectivity index (χ2n) is 7.71. The van der Waals surface area contributed by atoms with Crippen LogP contribution in [0.25, 0.3) is 21.1 Å². The van der Waals surface area contributed by atoms with Gasteiger partial charge in [-0.3, -0.25) is 0 Å². The van der Waals surface area contributed by atoms with Crippen molar-refractivity contribution in [3.8, 4) is 21.1 Å². The second-order valence-corrected chi connectivity index (χ2v) is 11.1. The number of sulfonamides is 1. The summed E-state index contributed by atoms with van der Waals surface area (Å²) in [5, 5.41) is 23.2. The van der Waals surface area contributed by atoms with Crippen molar-refractivity contribution in [1.29, 1.82) is 0 Å². The van der Waals surface area contributed by atoms with Crippen LogP contribution in [0.5, 0.6) is 0 Å². The van der Waals surface area contributed by atoms with E-state index in [9.17, 15) is 31.8 Å². The number of aliphatic hydroxyl groups excluding tert-OH is 1. The van der Waals surface area contributed by atoms with E-state index in [4.69, 9.17) is 27.7 Å². The molecule has 1 aromatic carbocycles. The predicted octanol–water partition coefficient (Wildman–Crippen LogP) is 4.72. The summed E-state index contributed by atoms with van der Waals surface area (Å²) in [6.07, 6.45) is -4.80. The minimum Gasteiger partial charge on any atom is -0.390 e. The maximum atomic E-state index is 12.8. The van der Waals surface area contributed by atoms with Crippen molar-refractivity contribution in [3.05, 3.63) is 39.7 Å². The summed E-state index contributed by atoms with van der Waals surface area (Å²) in [4.78, 5) is 3.98. The molecule has 3 aromatic rings. The van der Waals surface area contributed by atoms with Gasteiger partial charge in [0.1, 0.15) is 27.2 Å². The van der Waals surface area contributed by atoms with E-state index in [2.05, 4.69) is 10.1 Å². The van der Waals surface area contributed by atoms with Crippen LogP contribution in [0.1, 0.15) is 32.2 Å². The summed E-state index contributed by atoms with van der Waals surface area (Å²) in [7, 11) is -4.65. The lowest BCUT2D eigenvalue weighted by Gasteiger charge is -2.18. The molecule has 8 nitrogen and oxygen atoms in total. The van der Waals surface area contributed by atoms with E-state index in [-0.39, 0.29) is 27.7 Å². The highest BCUT2D eigenvalue weighted by atomic mass is 35.5. The van der Waals surface area contributed by atoms with Crippen molar-refractivity contribution in [2.75, 3.05) is 0 Å². The Morgan fingerprint density at radius 1 is 1.24 bits per heavy atom. The molecule has 0 amide bonds. The second kappa shape index (κ2) is 9.37. The zero-order chi connectivity index (χ0) is 25.6. The van der Waals surface area contributed by atoms with Gasteiger partial charge in [0, 0.05) is 11.6 Å². The molecule has 3 rings (SSSR count). The minimum atomic E-state index is -4.80. The van der Waals surface area contributed by atoms with Crippen LogP contribution >= 0.6 is 34.5 Å². The van der Waals surface area contributed by atoms with Gasteiger partial charge in [0.05, 0.1) is 27.2 Å². The molecule has 0 unspecified atom stereocenters. The fraction of sp³-hybridized carbons (Fsp3) is 0.368. The smallest absolute Gasteiger partial charge is 0.390 e. The zero-order valence-electron chi connectivity index (χ0n) is 17.7. The van der Waals surface area contributed by atoms with Gasteiger partial charge in [-0.1, -0.05) is 34.4 Å². The summed E-state index contributed by atoms with van der Waals surface area (Å²) in [5.74, 6) is 0.182. The Kier molecular flexibility index (Phi) is 7.40. The molecule has 34 heavy (non-hydrogen) atoms. The molecule has 186 valence electrons. The molecule has 2 heterocycles. The fourth-order valence-corrected chi connectivity index (χ4v) is 5.93. The highest BCUT2D eigenvalue weighted by Crippen LogP contribution is 2.43. The molecule has 0 aliphatic carbocycles. The van der Waals surface area contributed by atoms with Gasteiger partial charge in [0.15, 0.2) is 5.76 Å². The molecule has 0 radical (unpaired) electrons. The number of nitrogens with one attached hydrogen (secondary N) is 1. The van der Waals surface area contributed by atoms with Crippen molar-refractivity contribution in [1.82, 2.24) is 14.9 Å². The number of thiazole rings is 1. The van der Waals surface area contributed by atoms with Crippen LogP contribution in [-0.2, 0) is 22.2 Å². The standard InChI is InChI=1S/C19H18Cl2F3N3O5S2/c1-8(19(22,23)24)27-34(30,31)12-5-4-9(14(20)15(12)21)16-11(7-28)25-17(33-16)10-6-13(32-26-10)18(2,3)29/h4-6,8,27-29H,7H2,1-3H3/t8-/m0/s1. The SMILES string of the molecule is C[C@H](NS(=O)(=O)c1ccc(-c2sc(-c3cc(C(C)(C)O)on3)nc2CO)c(Cl)c1Cl)C(F)(F)F. The van der Waals surface area contributed by atoms with Crippen LogP contribution in [0.15, 0.2) is 27.6 Å². The monoisotopic (exact) mass is 559 g/mol. The van der Waals surface area contributed by atoms with Crippen LogP contribution in [-0.4, -0.2) is 41.0 Å². The van der Waals surface area contributed by atoms with E-state index < -0.39 is 44.4 Å². The molecule has 1 atom stereocenters. The highest BCUT2D eigenvalue weighted by molar-refractivity contribution is 7.89. The fourth-order valence-electron chi connectivity index (χ4n) is 2.72. The van der Waals surface area contributed by atoms with Gasteiger partial charge in [-0.25, -0.2) is 13.4 Å². The number of aliphatic hydroxyl groups is 2. The van der Waals surface area contributed by atoms with E-state index in [0.717, 1.165) is 17.4 Å². The Bertz CT molecular complexity index is 1320. The number of rotatable bonds is 7. The van der Waals surface area contributed by atoms with Crippen LogP contribution in [0.3, 0.4) is 0 Å². The number of hydrogen-bond acceptors (Lipinski definition) is 8. The van der Waals surface area contributed by atoms with Crippen LogP contribution in [0, 0.1) is 0 Å². The summed E-state index contributed by atoms with van der Waals surface area (Å²) in [6, 6.07) is 1.38. The first-order chi connectivity index (χ1) is 15.6. The van der Waals surface area contributed by atoms with E-state index in [0.29, 0.717) is 16.8 Å². The lowest BCUT2D eigenvalue weighted by Crippen LogP contribution is -2.43. The van der Waals surface area contributed by atoms with Gasteiger partial charge in [-0.05, 0) is 26.8 Å². The van der Waals surface area contributed by atoms with Gasteiger partial charge >= 0.3 is 6.18 Å². The van der Waals surface area contributed by atoms with E-state index >= 15 is 0 Å². The van der Waals surface area contributed by atoms with Crippen molar-refractivity contribution < 1.29 is 36.3 Å². The third kappa shape index (κ3) is 5.40. The number of benzene rings is 1. The molecule has 0 aliphatic rings.